The van der Waals surface area contributed by atoms with Crippen LogP contribution in [-0.4, -0.2) is 51.7 Å². The third-order valence-electron chi connectivity index (χ3n) is 4.68. The predicted molar refractivity (Wildman–Crippen MR) is 90.4 cm³/mol. The second-order valence-electron chi connectivity index (χ2n) is 6.31. The van der Waals surface area contributed by atoms with Crippen molar-refractivity contribution in [2.75, 3.05) is 26.2 Å². The summed E-state index contributed by atoms with van der Waals surface area (Å²) in [5.41, 5.74) is 0. The summed E-state index contributed by atoms with van der Waals surface area (Å²) in [7, 11) is 0. The van der Waals surface area contributed by atoms with Crippen molar-refractivity contribution in [1.82, 2.24) is 19.6 Å². The fourth-order valence-electron chi connectivity index (χ4n) is 3.41. The van der Waals surface area contributed by atoms with Gasteiger partial charge in [-0.15, -0.1) is 0 Å². The Kier molecular flexibility index (Phi) is 5.25. The SMILES string of the molecule is Cc1nn(CN2CCN(C(=O)C3CCCCC3)CC2)c(=S)s1. The van der Waals surface area contributed by atoms with E-state index in [-0.39, 0.29) is 5.92 Å². The Labute approximate surface area is 140 Å². The third-order valence-corrected chi connectivity index (χ3v) is 5.90. The molecule has 1 saturated carbocycles. The lowest BCUT2D eigenvalue weighted by Crippen LogP contribution is -2.50. The summed E-state index contributed by atoms with van der Waals surface area (Å²) in [6.07, 6.45) is 5.92. The molecular weight excluding hydrogens is 316 g/mol. The summed E-state index contributed by atoms with van der Waals surface area (Å²) in [5.74, 6) is 0.676. The van der Waals surface area contributed by atoms with Gasteiger partial charge in [-0.1, -0.05) is 30.6 Å². The lowest BCUT2D eigenvalue weighted by Gasteiger charge is -2.37. The van der Waals surface area contributed by atoms with E-state index in [2.05, 4.69) is 14.9 Å². The standard InChI is InChI=1S/C15H24N4OS2/c1-12-16-19(15(21)22-12)11-17-7-9-18(10-8-17)14(20)13-5-3-2-4-6-13/h13H,2-11H2,1H3. The summed E-state index contributed by atoms with van der Waals surface area (Å²) >= 11 is 6.88. The normalized spacial score (nSPS) is 21.2. The van der Waals surface area contributed by atoms with Crippen LogP contribution in [0.15, 0.2) is 0 Å². The zero-order valence-electron chi connectivity index (χ0n) is 13.2. The highest BCUT2D eigenvalue weighted by atomic mass is 32.1. The van der Waals surface area contributed by atoms with Crippen LogP contribution in [0, 0.1) is 16.8 Å². The van der Waals surface area contributed by atoms with Crippen molar-refractivity contribution in [1.29, 1.82) is 0 Å². The van der Waals surface area contributed by atoms with Gasteiger partial charge >= 0.3 is 0 Å². The second-order valence-corrected chi connectivity index (χ2v) is 8.13. The highest BCUT2D eigenvalue weighted by Crippen LogP contribution is 2.25. The minimum absolute atomic E-state index is 0.287. The van der Waals surface area contributed by atoms with Gasteiger partial charge in [0.1, 0.15) is 5.01 Å². The lowest BCUT2D eigenvalue weighted by molar-refractivity contribution is -0.138. The number of hydrogen-bond acceptors (Lipinski definition) is 5. The first-order valence-corrected chi connectivity index (χ1v) is 9.41. The van der Waals surface area contributed by atoms with Gasteiger partial charge in [0.2, 0.25) is 5.91 Å². The molecule has 2 fully saturated rings. The Hall–Kier alpha value is -0.790. The number of nitrogens with zero attached hydrogens (tertiary/aromatic N) is 4. The van der Waals surface area contributed by atoms with E-state index in [0.717, 1.165) is 54.7 Å². The van der Waals surface area contributed by atoms with Crippen LogP contribution in [-0.2, 0) is 11.5 Å². The molecule has 122 valence electrons. The Balaban J connectivity index is 1.50. The maximum atomic E-state index is 12.6. The van der Waals surface area contributed by atoms with Gasteiger partial charge in [0.05, 0.1) is 6.67 Å². The summed E-state index contributed by atoms with van der Waals surface area (Å²) in [5, 5.41) is 5.45. The molecular formula is C15H24N4OS2. The van der Waals surface area contributed by atoms with Gasteiger partial charge < -0.3 is 4.90 Å². The smallest absolute Gasteiger partial charge is 0.225 e. The topological polar surface area (TPSA) is 41.4 Å². The van der Waals surface area contributed by atoms with Crippen LogP contribution < -0.4 is 0 Å². The highest BCUT2D eigenvalue weighted by molar-refractivity contribution is 7.73. The van der Waals surface area contributed by atoms with Crippen molar-refractivity contribution in [3.63, 3.8) is 0 Å². The van der Waals surface area contributed by atoms with E-state index in [0.29, 0.717) is 5.91 Å². The highest BCUT2D eigenvalue weighted by Gasteiger charge is 2.28. The van der Waals surface area contributed by atoms with E-state index < -0.39 is 0 Å². The molecule has 7 heteroatoms. The number of hydrogen-bond donors (Lipinski definition) is 0. The monoisotopic (exact) mass is 340 g/mol. The minimum Gasteiger partial charge on any atom is -0.340 e. The summed E-state index contributed by atoms with van der Waals surface area (Å²) in [6.45, 7) is 6.23. The molecule has 0 bridgehead atoms. The maximum Gasteiger partial charge on any atom is 0.225 e. The van der Waals surface area contributed by atoms with E-state index in [1.807, 2.05) is 11.6 Å². The van der Waals surface area contributed by atoms with Crippen molar-refractivity contribution < 1.29 is 4.79 Å². The summed E-state index contributed by atoms with van der Waals surface area (Å²) in [6, 6.07) is 0. The Morgan fingerprint density at radius 2 is 1.91 bits per heavy atom. The lowest BCUT2D eigenvalue weighted by atomic mass is 9.88. The van der Waals surface area contributed by atoms with Crippen LogP contribution in [0.3, 0.4) is 0 Å². The number of rotatable bonds is 3. The first-order valence-electron chi connectivity index (χ1n) is 8.19. The van der Waals surface area contributed by atoms with E-state index in [1.165, 1.54) is 19.3 Å². The molecule has 0 N–H and O–H groups in total. The van der Waals surface area contributed by atoms with Crippen molar-refractivity contribution in [2.45, 2.75) is 45.7 Å². The fraction of sp³-hybridized carbons (Fsp3) is 0.800. The molecule has 1 amide bonds. The minimum atomic E-state index is 0.287. The molecule has 0 unspecified atom stereocenters. The molecule has 2 heterocycles. The molecule has 0 atom stereocenters. The van der Waals surface area contributed by atoms with Crippen LogP contribution in [0.2, 0.25) is 0 Å². The molecule has 1 aromatic heterocycles. The van der Waals surface area contributed by atoms with E-state index in [1.54, 1.807) is 11.3 Å². The second kappa shape index (κ2) is 7.19. The molecule has 22 heavy (non-hydrogen) atoms. The zero-order chi connectivity index (χ0) is 15.5. The number of amides is 1. The maximum absolute atomic E-state index is 12.6. The quantitative estimate of drug-likeness (QED) is 0.793. The molecule has 0 spiro atoms. The van der Waals surface area contributed by atoms with E-state index in [9.17, 15) is 4.79 Å². The molecule has 3 rings (SSSR count). The van der Waals surface area contributed by atoms with Crippen molar-refractivity contribution in [3.05, 3.63) is 8.96 Å². The van der Waals surface area contributed by atoms with E-state index in [4.69, 9.17) is 12.2 Å². The first-order chi connectivity index (χ1) is 10.6. The molecule has 5 nitrogen and oxygen atoms in total. The Morgan fingerprint density at radius 1 is 1.23 bits per heavy atom. The van der Waals surface area contributed by atoms with Gasteiger partial charge in [0, 0.05) is 32.1 Å². The van der Waals surface area contributed by atoms with Crippen LogP contribution >= 0.6 is 23.6 Å². The van der Waals surface area contributed by atoms with Crippen molar-refractivity contribution >= 4 is 29.5 Å². The number of aromatic nitrogens is 2. The van der Waals surface area contributed by atoms with Crippen molar-refractivity contribution in [2.24, 2.45) is 5.92 Å². The van der Waals surface area contributed by atoms with Crippen LogP contribution in [0.1, 0.15) is 37.1 Å². The summed E-state index contributed by atoms with van der Waals surface area (Å²) in [4.78, 5) is 17.0. The zero-order valence-corrected chi connectivity index (χ0v) is 14.8. The third kappa shape index (κ3) is 3.75. The average Bonchev–Trinajstić information content (AvgIpc) is 2.86. The molecule has 1 aromatic rings. The van der Waals surface area contributed by atoms with Gasteiger partial charge in [-0.05, 0) is 32.0 Å². The number of carbonyl (C=O) groups excluding carboxylic acids is 1. The first kappa shape index (κ1) is 16.1. The van der Waals surface area contributed by atoms with Gasteiger partial charge in [-0.2, -0.15) is 5.10 Å². The fourth-order valence-corrected chi connectivity index (χ4v) is 4.46. The van der Waals surface area contributed by atoms with Crippen LogP contribution in [0.4, 0.5) is 0 Å². The van der Waals surface area contributed by atoms with E-state index >= 15 is 0 Å². The largest absolute Gasteiger partial charge is 0.340 e. The average molecular weight is 341 g/mol. The van der Waals surface area contributed by atoms with Gasteiger partial charge in [-0.3, -0.25) is 9.69 Å². The van der Waals surface area contributed by atoms with Crippen molar-refractivity contribution in [3.8, 4) is 0 Å². The number of piperazine rings is 1. The molecule has 2 aliphatic rings. The molecule has 0 aromatic carbocycles. The Morgan fingerprint density at radius 3 is 2.50 bits per heavy atom. The summed E-state index contributed by atoms with van der Waals surface area (Å²) < 4.78 is 2.73. The molecule has 0 radical (unpaired) electrons. The van der Waals surface area contributed by atoms with Crippen LogP contribution in [0.25, 0.3) is 0 Å². The van der Waals surface area contributed by atoms with Gasteiger partial charge in [-0.25, -0.2) is 4.68 Å². The molecule has 1 aliphatic carbocycles. The number of carbonyl (C=O) groups is 1. The Bertz CT molecular complexity index is 568. The van der Waals surface area contributed by atoms with Gasteiger partial charge in [0.25, 0.3) is 0 Å². The predicted octanol–water partition coefficient (Wildman–Crippen LogP) is 2.66. The van der Waals surface area contributed by atoms with Crippen LogP contribution in [0.5, 0.6) is 0 Å². The number of aryl methyl sites for hydroxylation is 1. The molecule has 1 aliphatic heterocycles. The molecule has 1 saturated heterocycles. The van der Waals surface area contributed by atoms with Gasteiger partial charge in [0.15, 0.2) is 3.95 Å².